The molecular formula is C15H30N2O. The van der Waals surface area contributed by atoms with E-state index in [9.17, 15) is 4.79 Å². The molecule has 1 aliphatic carbocycles. The maximum atomic E-state index is 11.5. The second-order valence-corrected chi connectivity index (χ2v) is 5.97. The lowest BCUT2D eigenvalue weighted by Gasteiger charge is -2.23. The average Bonchev–Trinajstić information content (AvgIpc) is 2.56. The Morgan fingerprint density at radius 2 is 1.72 bits per heavy atom. The van der Waals surface area contributed by atoms with E-state index in [1.807, 2.05) is 13.8 Å². The molecule has 0 saturated heterocycles. The van der Waals surface area contributed by atoms with Gasteiger partial charge in [0.15, 0.2) is 0 Å². The molecule has 1 rings (SSSR count). The van der Waals surface area contributed by atoms with Gasteiger partial charge in [0.2, 0.25) is 5.91 Å². The predicted octanol–water partition coefficient (Wildman–Crippen LogP) is 2.85. The van der Waals surface area contributed by atoms with E-state index in [2.05, 4.69) is 17.6 Å². The van der Waals surface area contributed by atoms with Crippen molar-refractivity contribution in [2.24, 2.45) is 5.92 Å². The first-order valence-electron chi connectivity index (χ1n) is 7.62. The van der Waals surface area contributed by atoms with Crippen molar-refractivity contribution in [1.82, 2.24) is 10.6 Å². The summed E-state index contributed by atoms with van der Waals surface area (Å²) in [5.74, 6) is 0.964. The van der Waals surface area contributed by atoms with E-state index in [1.54, 1.807) is 0 Å². The van der Waals surface area contributed by atoms with E-state index < -0.39 is 0 Å². The van der Waals surface area contributed by atoms with Crippen LogP contribution in [0.2, 0.25) is 0 Å². The minimum Gasteiger partial charge on any atom is -0.354 e. The number of carbonyl (C=O) groups is 1. The summed E-state index contributed by atoms with van der Waals surface area (Å²) in [7, 11) is 0. The van der Waals surface area contributed by atoms with Gasteiger partial charge in [-0.2, -0.15) is 0 Å². The van der Waals surface area contributed by atoms with Gasteiger partial charge < -0.3 is 10.6 Å². The zero-order valence-electron chi connectivity index (χ0n) is 12.3. The van der Waals surface area contributed by atoms with E-state index in [0.717, 1.165) is 12.5 Å². The molecule has 0 aromatic heterocycles. The summed E-state index contributed by atoms with van der Waals surface area (Å²) < 4.78 is 0. The molecule has 0 radical (unpaired) electrons. The summed E-state index contributed by atoms with van der Waals surface area (Å²) in [6, 6.07) is 0.798. The SMILES string of the molecule is CC(C)NC(=O)CCN[C@@H](C)C1CCCCCC1. The summed E-state index contributed by atoms with van der Waals surface area (Å²) in [5, 5.41) is 6.45. The largest absolute Gasteiger partial charge is 0.354 e. The van der Waals surface area contributed by atoms with E-state index >= 15 is 0 Å². The Kier molecular flexibility index (Phi) is 7.33. The lowest BCUT2D eigenvalue weighted by atomic mass is 9.93. The van der Waals surface area contributed by atoms with Crippen LogP contribution < -0.4 is 10.6 Å². The summed E-state index contributed by atoms with van der Waals surface area (Å²) in [6.07, 6.45) is 8.86. The van der Waals surface area contributed by atoms with Crippen molar-refractivity contribution in [1.29, 1.82) is 0 Å². The van der Waals surface area contributed by atoms with E-state index in [4.69, 9.17) is 0 Å². The van der Waals surface area contributed by atoms with Gasteiger partial charge in [-0.25, -0.2) is 0 Å². The van der Waals surface area contributed by atoms with Crippen molar-refractivity contribution in [3.8, 4) is 0 Å². The van der Waals surface area contributed by atoms with E-state index in [0.29, 0.717) is 12.5 Å². The molecule has 0 aliphatic heterocycles. The van der Waals surface area contributed by atoms with E-state index in [-0.39, 0.29) is 11.9 Å². The fourth-order valence-electron chi connectivity index (χ4n) is 2.79. The highest BCUT2D eigenvalue weighted by Crippen LogP contribution is 2.25. The zero-order valence-corrected chi connectivity index (χ0v) is 12.3. The van der Waals surface area contributed by atoms with Crippen LogP contribution in [-0.2, 0) is 4.79 Å². The molecule has 106 valence electrons. The van der Waals surface area contributed by atoms with Gasteiger partial charge in [0, 0.05) is 25.0 Å². The highest BCUT2D eigenvalue weighted by Gasteiger charge is 2.18. The molecule has 0 spiro atoms. The predicted molar refractivity (Wildman–Crippen MR) is 76.6 cm³/mol. The second-order valence-electron chi connectivity index (χ2n) is 5.97. The lowest BCUT2D eigenvalue weighted by Crippen LogP contribution is -2.37. The quantitative estimate of drug-likeness (QED) is 0.716. The Hall–Kier alpha value is -0.570. The summed E-state index contributed by atoms with van der Waals surface area (Å²) >= 11 is 0. The van der Waals surface area contributed by atoms with Crippen molar-refractivity contribution >= 4 is 5.91 Å². The molecule has 18 heavy (non-hydrogen) atoms. The molecule has 0 bridgehead atoms. The van der Waals surface area contributed by atoms with Crippen molar-refractivity contribution in [2.45, 2.75) is 77.8 Å². The van der Waals surface area contributed by atoms with Gasteiger partial charge in [-0.3, -0.25) is 4.79 Å². The van der Waals surface area contributed by atoms with Gasteiger partial charge in [0.05, 0.1) is 0 Å². The van der Waals surface area contributed by atoms with Crippen molar-refractivity contribution in [2.75, 3.05) is 6.54 Å². The zero-order chi connectivity index (χ0) is 13.4. The van der Waals surface area contributed by atoms with Crippen LogP contribution in [0.1, 0.15) is 65.7 Å². The molecule has 1 atom stereocenters. The van der Waals surface area contributed by atoms with Crippen molar-refractivity contribution in [3.63, 3.8) is 0 Å². The van der Waals surface area contributed by atoms with E-state index in [1.165, 1.54) is 38.5 Å². The third-order valence-corrected chi connectivity index (χ3v) is 3.87. The van der Waals surface area contributed by atoms with Gasteiger partial charge >= 0.3 is 0 Å². The second kappa shape index (κ2) is 8.52. The third-order valence-electron chi connectivity index (χ3n) is 3.87. The van der Waals surface area contributed by atoms with Gasteiger partial charge in [-0.15, -0.1) is 0 Å². The van der Waals surface area contributed by atoms with Crippen LogP contribution in [0.15, 0.2) is 0 Å². The summed E-state index contributed by atoms with van der Waals surface area (Å²) in [5.41, 5.74) is 0. The van der Waals surface area contributed by atoms with Crippen LogP contribution >= 0.6 is 0 Å². The van der Waals surface area contributed by atoms with Crippen LogP contribution in [0, 0.1) is 5.92 Å². The van der Waals surface area contributed by atoms with Crippen LogP contribution in [-0.4, -0.2) is 24.5 Å². The Labute approximate surface area is 112 Å². The lowest BCUT2D eigenvalue weighted by molar-refractivity contribution is -0.121. The number of hydrogen-bond donors (Lipinski definition) is 2. The summed E-state index contributed by atoms with van der Waals surface area (Å²) in [6.45, 7) is 7.07. The fraction of sp³-hybridized carbons (Fsp3) is 0.933. The first-order valence-corrected chi connectivity index (χ1v) is 7.62. The Morgan fingerprint density at radius 1 is 1.11 bits per heavy atom. The van der Waals surface area contributed by atoms with Gasteiger partial charge in [-0.05, 0) is 39.5 Å². The molecule has 1 saturated carbocycles. The first kappa shape index (κ1) is 15.5. The van der Waals surface area contributed by atoms with Gasteiger partial charge in [0.1, 0.15) is 0 Å². The minimum absolute atomic E-state index is 0.158. The summed E-state index contributed by atoms with van der Waals surface area (Å²) in [4.78, 5) is 11.5. The minimum atomic E-state index is 0.158. The highest BCUT2D eigenvalue weighted by atomic mass is 16.1. The number of rotatable bonds is 6. The normalized spacial score (nSPS) is 19.6. The molecule has 3 nitrogen and oxygen atoms in total. The van der Waals surface area contributed by atoms with Crippen molar-refractivity contribution in [3.05, 3.63) is 0 Å². The average molecular weight is 254 g/mol. The number of carbonyl (C=O) groups excluding carboxylic acids is 1. The first-order chi connectivity index (χ1) is 8.59. The molecule has 0 unspecified atom stereocenters. The smallest absolute Gasteiger partial charge is 0.221 e. The molecule has 0 aromatic carbocycles. The number of hydrogen-bond acceptors (Lipinski definition) is 2. The number of nitrogens with one attached hydrogen (secondary N) is 2. The van der Waals surface area contributed by atoms with Crippen LogP contribution in [0.5, 0.6) is 0 Å². The fourth-order valence-corrected chi connectivity index (χ4v) is 2.79. The molecule has 1 amide bonds. The van der Waals surface area contributed by atoms with Crippen molar-refractivity contribution < 1.29 is 4.79 Å². The topological polar surface area (TPSA) is 41.1 Å². The molecule has 3 heteroatoms. The maximum Gasteiger partial charge on any atom is 0.221 e. The Morgan fingerprint density at radius 3 is 2.28 bits per heavy atom. The molecule has 0 aromatic rings. The molecule has 0 heterocycles. The molecule has 1 aliphatic rings. The molecular weight excluding hydrogens is 224 g/mol. The maximum absolute atomic E-state index is 11.5. The van der Waals surface area contributed by atoms with Gasteiger partial charge in [-0.1, -0.05) is 25.7 Å². The monoisotopic (exact) mass is 254 g/mol. The number of amides is 1. The standard InChI is InChI=1S/C15H30N2O/c1-12(2)17-15(18)10-11-16-13(3)14-8-6-4-5-7-9-14/h12-14,16H,4-11H2,1-3H3,(H,17,18)/t13-/m0/s1. The molecule has 1 fully saturated rings. The van der Waals surface area contributed by atoms with Crippen LogP contribution in [0.3, 0.4) is 0 Å². The Balaban J connectivity index is 2.15. The molecule has 2 N–H and O–H groups in total. The highest BCUT2D eigenvalue weighted by molar-refractivity contribution is 5.76. The van der Waals surface area contributed by atoms with Crippen LogP contribution in [0.4, 0.5) is 0 Å². The third kappa shape index (κ3) is 6.39. The van der Waals surface area contributed by atoms with Gasteiger partial charge in [0.25, 0.3) is 0 Å². The van der Waals surface area contributed by atoms with Crippen LogP contribution in [0.25, 0.3) is 0 Å². The Bertz CT molecular complexity index is 233.